The zero-order valence-electron chi connectivity index (χ0n) is 18.1. The van der Waals surface area contributed by atoms with Crippen LogP contribution >= 0.6 is 0 Å². The van der Waals surface area contributed by atoms with Gasteiger partial charge >= 0.3 is 6.03 Å². The summed E-state index contributed by atoms with van der Waals surface area (Å²) in [7, 11) is -2.47. The van der Waals surface area contributed by atoms with Crippen molar-refractivity contribution in [2.45, 2.75) is 55.9 Å². The van der Waals surface area contributed by atoms with Gasteiger partial charge in [-0.25, -0.2) is 17.9 Å². The molecule has 2 aromatic rings. The summed E-state index contributed by atoms with van der Waals surface area (Å²) < 4.78 is 32.3. The molecule has 0 unspecified atom stereocenters. The first-order chi connectivity index (χ1) is 15.3. The number of carbonyl (C=O) groups is 2. The Morgan fingerprint density at radius 2 is 1.62 bits per heavy atom. The summed E-state index contributed by atoms with van der Waals surface area (Å²) in [6, 6.07) is 11.0. The van der Waals surface area contributed by atoms with Crippen molar-refractivity contribution in [2.75, 3.05) is 7.11 Å². The van der Waals surface area contributed by atoms with Gasteiger partial charge < -0.3 is 15.8 Å². The number of methoxy groups -OCH3 is 1. The highest BCUT2D eigenvalue weighted by molar-refractivity contribution is 7.90. The predicted octanol–water partition coefficient (Wildman–Crippen LogP) is 2.90. The summed E-state index contributed by atoms with van der Waals surface area (Å²) in [5, 5.41) is 2.74. The Hall–Kier alpha value is -3.07. The average Bonchev–Trinajstić information content (AvgIpc) is 2.78. The van der Waals surface area contributed by atoms with Crippen LogP contribution in [-0.2, 0) is 22.9 Å². The number of urea groups is 1. The van der Waals surface area contributed by atoms with Crippen molar-refractivity contribution in [3.63, 3.8) is 0 Å². The predicted molar refractivity (Wildman–Crippen MR) is 121 cm³/mol. The minimum atomic E-state index is -3.94. The highest BCUT2D eigenvalue weighted by Crippen LogP contribution is 2.21. The summed E-state index contributed by atoms with van der Waals surface area (Å²) in [4.78, 5) is 23.7. The molecule has 0 spiro atoms. The Bertz CT molecular complexity index is 1060. The molecule has 0 bridgehead atoms. The van der Waals surface area contributed by atoms with Gasteiger partial charge in [0.15, 0.2) is 0 Å². The lowest BCUT2D eigenvalue weighted by Crippen LogP contribution is -2.45. The van der Waals surface area contributed by atoms with Crippen LogP contribution in [0.5, 0.6) is 5.75 Å². The van der Waals surface area contributed by atoms with Gasteiger partial charge in [-0.15, -0.1) is 0 Å². The van der Waals surface area contributed by atoms with Gasteiger partial charge in [0.05, 0.1) is 17.6 Å². The number of carbonyl (C=O) groups excluding carboxylic acids is 2. The van der Waals surface area contributed by atoms with Crippen molar-refractivity contribution < 1.29 is 22.7 Å². The van der Waals surface area contributed by atoms with Crippen molar-refractivity contribution in [3.05, 3.63) is 59.2 Å². The van der Waals surface area contributed by atoms with E-state index in [1.165, 1.54) is 19.2 Å². The fourth-order valence-corrected chi connectivity index (χ4v) is 4.79. The molecular formula is C23H29N3O5S. The highest BCUT2D eigenvalue weighted by Gasteiger charge is 2.21. The Morgan fingerprint density at radius 1 is 1.00 bits per heavy atom. The molecular weight excluding hydrogens is 430 g/mol. The molecule has 2 aromatic carbocycles. The summed E-state index contributed by atoms with van der Waals surface area (Å²) in [5.74, 6) is -0.130. The Kier molecular flexibility index (Phi) is 7.74. The van der Waals surface area contributed by atoms with E-state index in [-0.39, 0.29) is 10.9 Å². The molecule has 4 N–H and O–H groups in total. The Labute approximate surface area is 188 Å². The zero-order valence-corrected chi connectivity index (χ0v) is 18.9. The molecule has 9 heteroatoms. The lowest BCUT2D eigenvalue weighted by atomic mass is 9.96. The maximum Gasteiger partial charge on any atom is 0.328 e. The number of primary amides is 1. The quantitative estimate of drug-likeness (QED) is 0.559. The zero-order chi connectivity index (χ0) is 23.1. The van der Waals surface area contributed by atoms with E-state index in [1.54, 1.807) is 24.3 Å². The summed E-state index contributed by atoms with van der Waals surface area (Å²) in [6.45, 7) is 0. The van der Waals surface area contributed by atoms with E-state index in [0.29, 0.717) is 24.2 Å². The molecule has 3 rings (SSSR count). The lowest BCUT2D eigenvalue weighted by Gasteiger charge is -2.22. The second kappa shape index (κ2) is 10.5. The molecule has 0 aromatic heterocycles. The molecule has 0 atom stereocenters. The number of benzene rings is 2. The molecule has 172 valence electrons. The molecule has 1 fully saturated rings. The van der Waals surface area contributed by atoms with Gasteiger partial charge in [-0.05, 0) is 61.1 Å². The van der Waals surface area contributed by atoms with E-state index < -0.39 is 22.0 Å². The van der Waals surface area contributed by atoms with Crippen LogP contribution in [-0.4, -0.2) is 33.5 Å². The molecule has 8 nitrogen and oxygen atoms in total. The van der Waals surface area contributed by atoms with E-state index in [1.807, 2.05) is 6.07 Å². The first-order valence-corrected chi connectivity index (χ1v) is 12.2. The van der Waals surface area contributed by atoms with E-state index in [4.69, 9.17) is 10.5 Å². The van der Waals surface area contributed by atoms with Crippen molar-refractivity contribution in [2.24, 2.45) is 5.73 Å². The lowest BCUT2D eigenvalue weighted by molar-refractivity contribution is 0.0997. The Morgan fingerprint density at radius 3 is 2.25 bits per heavy atom. The molecule has 0 heterocycles. The number of hydrogen-bond acceptors (Lipinski definition) is 5. The monoisotopic (exact) mass is 459 g/mol. The first kappa shape index (κ1) is 23.6. The first-order valence-electron chi connectivity index (χ1n) is 10.7. The highest BCUT2D eigenvalue weighted by atomic mass is 32.2. The van der Waals surface area contributed by atoms with Crippen molar-refractivity contribution >= 4 is 22.0 Å². The van der Waals surface area contributed by atoms with Crippen LogP contribution < -0.4 is 20.5 Å². The maximum absolute atomic E-state index is 12.5. The number of sulfonamides is 1. The van der Waals surface area contributed by atoms with Crippen LogP contribution in [0.15, 0.2) is 47.4 Å². The second-order valence-electron chi connectivity index (χ2n) is 7.96. The number of rotatable bonds is 8. The van der Waals surface area contributed by atoms with Crippen LogP contribution in [0.25, 0.3) is 0 Å². The summed E-state index contributed by atoms with van der Waals surface area (Å²) in [5.41, 5.74) is 7.56. The molecule has 0 radical (unpaired) electrons. The number of nitrogens with two attached hydrogens (primary N) is 1. The number of amides is 3. The van der Waals surface area contributed by atoms with Crippen LogP contribution in [0.1, 0.15) is 53.6 Å². The van der Waals surface area contributed by atoms with Gasteiger partial charge in [-0.1, -0.05) is 37.5 Å². The molecule has 0 aliphatic heterocycles. The van der Waals surface area contributed by atoms with Crippen molar-refractivity contribution in [1.82, 2.24) is 10.0 Å². The largest absolute Gasteiger partial charge is 0.496 e. The molecule has 1 aliphatic carbocycles. The van der Waals surface area contributed by atoms with E-state index >= 15 is 0 Å². The normalized spacial score (nSPS) is 14.5. The average molecular weight is 460 g/mol. The van der Waals surface area contributed by atoms with Gasteiger partial charge in [0.25, 0.3) is 15.9 Å². The standard InChI is InChI=1S/C23H29N3O5S/c1-31-21-14-11-17(15-20(21)22(24)27)8-7-16-9-12-19(13-10-16)32(29,30)26-23(28)25-18-5-3-2-4-6-18/h9-15,18H,2-8H2,1H3,(H2,24,27)(H2,25,26,28). The summed E-state index contributed by atoms with van der Waals surface area (Å²) >= 11 is 0. The fraction of sp³-hybridized carbons (Fsp3) is 0.391. The maximum atomic E-state index is 12.5. The third-order valence-corrected chi connectivity index (χ3v) is 6.98. The third-order valence-electron chi connectivity index (χ3n) is 5.63. The van der Waals surface area contributed by atoms with Crippen LogP contribution in [0.2, 0.25) is 0 Å². The van der Waals surface area contributed by atoms with Gasteiger partial charge in [0.1, 0.15) is 5.75 Å². The van der Waals surface area contributed by atoms with Crippen molar-refractivity contribution in [1.29, 1.82) is 0 Å². The second-order valence-corrected chi connectivity index (χ2v) is 9.64. The molecule has 1 saturated carbocycles. The molecule has 1 aliphatic rings. The van der Waals surface area contributed by atoms with Crippen LogP contribution in [0.4, 0.5) is 4.79 Å². The Balaban J connectivity index is 1.58. The molecule has 0 saturated heterocycles. The number of hydrogen-bond donors (Lipinski definition) is 3. The van der Waals surface area contributed by atoms with E-state index in [9.17, 15) is 18.0 Å². The number of nitrogens with one attached hydrogen (secondary N) is 2. The topological polar surface area (TPSA) is 128 Å². The van der Waals surface area contributed by atoms with Crippen molar-refractivity contribution in [3.8, 4) is 5.75 Å². The van der Waals surface area contributed by atoms with E-state index in [2.05, 4.69) is 10.0 Å². The van der Waals surface area contributed by atoms with Gasteiger partial charge in [0, 0.05) is 6.04 Å². The minimum Gasteiger partial charge on any atom is -0.496 e. The van der Waals surface area contributed by atoms with E-state index in [0.717, 1.165) is 43.2 Å². The summed E-state index contributed by atoms with van der Waals surface area (Å²) in [6.07, 6.45) is 6.25. The SMILES string of the molecule is COc1ccc(CCc2ccc(S(=O)(=O)NC(=O)NC3CCCCC3)cc2)cc1C(N)=O. The van der Waals surface area contributed by atoms with Gasteiger partial charge in [-0.3, -0.25) is 4.79 Å². The fourth-order valence-electron chi connectivity index (χ4n) is 3.87. The smallest absolute Gasteiger partial charge is 0.328 e. The van der Waals surface area contributed by atoms with Crippen LogP contribution in [0.3, 0.4) is 0 Å². The third kappa shape index (κ3) is 6.23. The number of aryl methyl sites for hydroxylation is 2. The minimum absolute atomic E-state index is 0.0226. The molecule has 32 heavy (non-hydrogen) atoms. The van der Waals surface area contributed by atoms with Gasteiger partial charge in [-0.2, -0.15) is 0 Å². The number of ether oxygens (including phenoxy) is 1. The molecule has 3 amide bonds. The van der Waals surface area contributed by atoms with Gasteiger partial charge in [0.2, 0.25) is 0 Å². The van der Waals surface area contributed by atoms with Crippen LogP contribution in [0, 0.1) is 0 Å².